The van der Waals surface area contributed by atoms with Crippen molar-refractivity contribution in [2.75, 3.05) is 5.32 Å². The zero-order chi connectivity index (χ0) is 15.8. The minimum absolute atomic E-state index is 0.208. The molecule has 6 nitrogen and oxygen atoms in total. The molecule has 0 aliphatic rings. The molecule has 1 atom stereocenters. The van der Waals surface area contributed by atoms with E-state index < -0.39 is 6.04 Å². The van der Waals surface area contributed by atoms with Crippen LogP contribution in [0.1, 0.15) is 40.7 Å². The van der Waals surface area contributed by atoms with Crippen molar-refractivity contribution in [3.63, 3.8) is 0 Å². The molecule has 2 heterocycles. The van der Waals surface area contributed by atoms with Crippen LogP contribution in [0.4, 0.5) is 5.69 Å². The molecular formula is C15H23N5O. The van der Waals surface area contributed by atoms with Crippen LogP contribution in [0.15, 0.2) is 18.5 Å². The molecule has 3 N–H and O–H groups in total. The monoisotopic (exact) mass is 289 g/mol. The van der Waals surface area contributed by atoms with E-state index in [2.05, 4.69) is 15.4 Å². The molecule has 0 aliphatic heterocycles. The average Bonchev–Trinajstić information content (AvgIpc) is 2.79. The Morgan fingerprint density at radius 3 is 2.57 bits per heavy atom. The zero-order valence-corrected chi connectivity index (χ0v) is 13.2. The Bertz CT molecular complexity index is 654. The van der Waals surface area contributed by atoms with Crippen molar-refractivity contribution in [2.45, 2.75) is 46.7 Å². The molecule has 0 aromatic carbocycles. The number of fused-ring (bicyclic) bond motifs is 1. The van der Waals surface area contributed by atoms with Gasteiger partial charge in [0.2, 0.25) is 5.91 Å². The van der Waals surface area contributed by atoms with Gasteiger partial charge in [0.25, 0.3) is 0 Å². The summed E-state index contributed by atoms with van der Waals surface area (Å²) in [5.41, 5.74) is 7.11. The first kappa shape index (κ1) is 15.4. The molecule has 1 amide bonds. The Hall–Kier alpha value is -1.95. The molecule has 2 aromatic rings. The van der Waals surface area contributed by atoms with Crippen LogP contribution in [0, 0.1) is 5.41 Å². The highest BCUT2D eigenvalue weighted by atomic mass is 16.2. The van der Waals surface area contributed by atoms with E-state index in [1.807, 2.05) is 45.4 Å². The molecule has 21 heavy (non-hydrogen) atoms. The number of pyridine rings is 1. The summed E-state index contributed by atoms with van der Waals surface area (Å²) >= 11 is 0. The number of aromatic nitrogens is 3. The molecule has 2 rings (SSSR count). The van der Waals surface area contributed by atoms with Crippen molar-refractivity contribution in [1.82, 2.24) is 14.8 Å². The van der Waals surface area contributed by atoms with E-state index in [4.69, 9.17) is 5.73 Å². The first-order valence-electron chi connectivity index (χ1n) is 7.10. The SMILES string of the molecule is CC(C)n1ncc2cc(NC(=O)[C@@H](N)C(C)(C)C)cnc21. The van der Waals surface area contributed by atoms with Crippen LogP contribution < -0.4 is 11.1 Å². The molecular weight excluding hydrogens is 266 g/mol. The van der Waals surface area contributed by atoms with Crippen LogP contribution in [-0.4, -0.2) is 26.7 Å². The largest absolute Gasteiger partial charge is 0.323 e. The second-order valence-corrected chi connectivity index (χ2v) is 6.65. The van der Waals surface area contributed by atoms with E-state index in [-0.39, 0.29) is 17.4 Å². The molecule has 6 heteroatoms. The maximum atomic E-state index is 12.1. The van der Waals surface area contributed by atoms with Gasteiger partial charge in [0, 0.05) is 11.4 Å². The predicted molar refractivity (Wildman–Crippen MR) is 84.0 cm³/mol. The minimum Gasteiger partial charge on any atom is -0.323 e. The van der Waals surface area contributed by atoms with E-state index in [0.717, 1.165) is 11.0 Å². The van der Waals surface area contributed by atoms with Gasteiger partial charge < -0.3 is 11.1 Å². The summed E-state index contributed by atoms with van der Waals surface area (Å²) in [5.74, 6) is -0.208. The van der Waals surface area contributed by atoms with Gasteiger partial charge in [0.15, 0.2) is 5.65 Å². The van der Waals surface area contributed by atoms with Crippen LogP contribution in [0.3, 0.4) is 0 Å². The Morgan fingerprint density at radius 1 is 1.33 bits per heavy atom. The summed E-state index contributed by atoms with van der Waals surface area (Å²) in [4.78, 5) is 16.5. The summed E-state index contributed by atoms with van der Waals surface area (Å²) < 4.78 is 1.85. The van der Waals surface area contributed by atoms with Gasteiger partial charge in [-0.2, -0.15) is 5.10 Å². The van der Waals surface area contributed by atoms with Crippen molar-refractivity contribution in [3.8, 4) is 0 Å². The molecule has 0 saturated carbocycles. The predicted octanol–water partition coefficient (Wildman–Crippen LogP) is 2.32. The van der Waals surface area contributed by atoms with Crippen LogP contribution in [0.5, 0.6) is 0 Å². The van der Waals surface area contributed by atoms with Gasteiger partial charge in [-0.1, -0.05) is 20.8 Å². The van der Waals surface area contributed by atoms with Crippen LogP contribution in [0.2, 0.25) is 0 Å². The third-order valence-electron chi connectivity index (χ3n) is 3.41. The van der Waals surface area contributed by atoms with Crippen molar-refractivity contribution in [2.24, 2.45) is 11.1 Å². The second kappa shape index (κ2) is 5.44. The lowest BCUT2D eigenvalue weighted by Gasteiger charge is -2.25. The molecule has 114 valence electrons. The molecule has 0 fully saturated rings. The Labute approximate surface area is 124 Å². The highest BCUT2D eigenvalue weighted by Gasteiger charge is 2.27. The lowest BCUT2D eigenvalue weighted by atomic mass is 9.87. The molecule has 0 saturated heterocycles. The standard InChI is InChI=1S/C15H23N5O/c1-9(2)20-13-10(7-18-20)6-11(8-17-13)19-14(21)12(16)15(3,4)5/h6-9,12H,16H2,1-5H3,(H,19,21)/t12-/m1/s1. The lowest BCUT2D eigenvalue weighted by Crippen LogP contribution is -2.45. The number of nitrogens with two attached hydrogens (primary N) is 1. The van der Waals surface area contributed by atoms with Crippen molar-refractivity contribution >= 4 is 22.6 Å². The summed E-state index contributed by atoms with van der Waals surface area (Å²) in [5, 5.41) is 8.02. The molecule has 0 spiro atoms. The van der Waals surface area contributed by atoms with Crippen LogP contribution >= 0.6 is 0 Å². The van der Waals surface area contributed by atoms with E-state index in [1.54, 1.807) is 12.4 Å². The normalized spacial score (nSPS) is 13.7. The molecule has 0 aliphatic carbocycles. The topological polar surface area (TPSA) is 85.8 Å². The number of anilines is 1. The number of carbonyl (C=O) groups excluding carboxylic acids is 1. The van der Waals surface area contributed by atoms with Crippen molar-refractivity contribution < 1.29 is 4.79 Å². The molecule has 0 bridgehead atoms. The van der Waals surface area contributed by atoms with Crippen LogP contribution in [-0.2, 0) is 4.79 Å². The van der Waals surface area contributed by atoms with E-state index >= 15 is 0 Å². The number of rotatable bonds is 3. The van der Waals surface area contributed by atoms with Crippen molar-refractivity contribution in [3.05, 3.63) is 18.5 Å². The first-order chi connectivity index (χ1) is 9.70. The Morgan fingerprint density at radius 2 is 2.00 bits per heavy atom. The number of hydrogen-bond donors (Lipinski definition) is 2. The molecule has 0 unspecified atom stereocenters. The van der Waals surface area contributed by atoms with Gasteiger partial charge in [-0.3, -0.25) is 4.79 Å². The average molecular weight is 289 g/mol. The summed E-state index contributed by atoms with van der Waals surface area (Å²) in [6.45, 7) is 9.90. The maximum absolute atomic E-state index is 12.1. The number of nitrogens with one attached hydrogen (secondary N) is 1. The fraction of sp³-hybridized carbons (Fsp3) is 0.533. The quantitative estimate of drug-likeness (QED) is 0.908. The lowest BCUT2D eigenvalue weighted by molar-refractivity contribution is -0.119. The number of amides is 1. The number of nitrogens with zero attached hydrogens (tertiary/aromatic N) is 3. The van der Waals surface area contributed by atoms with Gasteiger partial charge >= 0.3 is 0 Å². The van der Waals surface area contributed by atoms with E-state index in [1.165, 1.54) is 0 Å². The summed E-state index contributed by atoms with van der Waals surface area (Å²) in [6, 6.07) is 1.53. The Balaban J connectivity index is 2.23. The van der Waals surface area contributed by atoms with Gasteiger partial charge in [-0.05, 0) is 25.3 Å². The third kappa shape index (κ3) is 3.21. The van der Waals surface area contributed by atoms with Gasteiger partial charge in [-0.15, -0.1) is 0 Å². The van der Waals surface area contributed by atoms with E-state index in [0.29, 0.717) is 5.69 Å². The molecule has 2 aromatic heterocycles. The molecule has 0 radical (unpaired) electrons. The van der Waals surface area contributed by atoms with Gasteiger partial charge in [-0.25, -0.2) is 9.67 Å². The van der Waals surface area contributed by atoms with E-state index in [9.17, 15) is 4.79 Å². The van der Waals surface area contributed by atoms with Crippen molar-refractivity contribution in [1.29, 1.82) is 0 Å². The Kier molecular flexibility index (Phi) is 4.00. The second-order valence-electron chi connectivity index (χ2n) is 6.65. The minimum atomic E-state index is -0.577. The fourth-order valence-corrected chi connectivity index (χ4v) is 2.00. The number of carbonyl (C=O) groups is 1. The third-order valence-corrected chi connectivity index (χ3v) is 3.41. The first-order valence-corrected chi connectivity index (χ1v) is 7.10. The highest BCUT2D eigenvalue weighted by Crippen LogP contribution is 2.21. The van der Waals surface area contributed by atoms with Crippen LogP contribution in [0.25, 0.3) is 11.0 Å². The zero-order valence-electron chi connectivity index (χ0n) is 13.2. The summed E-state index contributed by atoms with van der Waals surface area (Å²) in [7, 11) is 0. The maximum Gasteiger partial charge on any atom is 0.241 e. The summed E-state index contributed by atoms with van der Waals surface area (Å²) in [6.07, 6.45) is 3.39. The smallest absolute Gasteiger partial charge is 0.241 e. The fourth-order valence-electron chi connectivity index (χ4n) is 2.00. The van der Waals surface area contributed by atoms with Gasteiger partial charge in [0.1, 0.15) is 0 Å². The number of hydrogen-bond acceptors (Lipinski definition) is 4. The van der Waals surface area contributed by atoms with Gasteiger partial charge in [0.05, 0.1) is 24.1 Å². The highest BCUT2D eigenvalue weighted by molar-refractivity contribution is 5.96.